The predicted molar refractivity (Wildman–Crippen MR) is 122 cm³/mol. The van der Waals surface area contributed by atoms with Crippen LogP contribution in [-0.2, 0) is 62.4 Å². The number of cyclic esters (lactones) is 1. The van der Waals surface area contributed by atoms with Crippen molar-refractivity contribution in [3.05, 3.63) is 30.7 Å². The van der Waals surface area contributed by atoms with E-state index in [1.165, 1.54) is 27.2 Å². The summed E-state index contributed by atoms with van der Waals surface area (Å²) in [5.41, 5.74) is -0.277. The molecular formula is C24H37O9Zn-. The summed E-state index contributed by atoms with van der Waals surface area (Å²) in [7, 11) is 0. The maximum absolute atomic E-state index is 11.4. The molecule has 0 aromatic heterocycles. The van der Waals surface area contributed by atoms with Gasteiger partial charge in [0, 0.05) is 30.6 Å². The third-order valence-corrected chi connectivity index (χ3v) is 4.70. The number of Topliss-reactive ketones (excluding diaryl/α,β-unsaturated/α-hetero) is 1. The molecule has 190 valence electrons. The van der Waals surface area contributed by atoms with E-state index in [1.54, 1.807) is 41.5 Å². The first kappa shape index (κ1) is 36.1. The molecule has 0 saturated carbocycles. The smallest absolute Gasteiger partial charge is 0.333 e. The normalized spacial score (nSPS) is 20.8. The van der Waals surface area contributed by atoms with E-state index in [0.717, 1.165) is 0 Å². The molecule has 1 aliphatic heterocycles. The molecule has 0 bridgehead atoms. The van der Waals surface area contributed by atoms with Gasteiger partial charge in [-0.05, 0) is 55.4 Å². The fraction of sp³-hybridized carbons (Fsp3) is 0.583. The van der Waals surface area contributed by atoms with Gasteiger partial charge in [0.1, 0.15) is 6.10 Å². The number of carbonyl (C=O) groups is 5. The zero-order valence-corrected chi connectivity index (χ0v) is 24.8. The molecule has 0 aliphatic carbocycles. The summed E-state index contributed by atoms with van der Waals surface area (Å²) in [4.78, 5) is 54.2. The number of ether oxygens (including phenoxy) is 4. The Balaban J connectivity index is -0.000000448. The number of rotatable bonds is 7. The van der Waals surface area contributed by atoms with Gasteiger partial charge < -0.3 is 18.9 Å². The Labute approximate surface area is 215 Å². The van der Waals surface area contributed by atoms with Gasteiger partial charge in [-0.2, -0.15) is 6.92 Å². The molecule has 10 heteroatoms. The number of hydrogen-bond acceptors (Lipinski definition) is 9. The van der Waals surface area contributed by atoms with Crippen molar-refractivity contribution in [2.24, 2.45) is 5.92 Å². The zero-order valence-electron chi connectivity index (χ0n) is 21.8. The topological polar surface area (TPSA) is 122 Å². The number of esters is 4. The average molecular weight is 535 g/mol. The predicted octanol–water partition coefficient (Wildman–Crippen LogP) is 3.30. The molecule has 1 aliphatic rings. The molecule has 4 unspecified atom stereocenters. The first-order valence-electron chi connectivity index (χ1n) is 10.5. The molecular weight excluding hydrogens is 498 g/mol. The molecule has 0 aromatic carbocycles. The quantitative estimate of drug-likeness (QED) is 0.159. The van der Waals surface area contributed by atoms with Crippen molar-refractivity contribution in [2.45, 2.75) is 80.1 Å². The van der Waals surface area contributed by atoms with Gasteiger partial charge in [-0.3, -0.25) is 20.8 Å². The SMILES string of the molecule is C=C(C)C(=O)OC(C)C(C)=O.C=C(C)C(=O)OC1(C)C(C)OC(=O)C1C.C[CH-]C(=O)OCC.[Zn]. The summed E-state index contributed by atoms with van der Waals surface area (Å²) >= 11 is 0. The van der Waals surface area contributed by atoms with Crippen LogP contribution in [0.2, 0.25) is 0 Å². The fourth-order valence-corrected chi connectivity index (χ4v) is 2.01. The Hall–Kier alpha value is -2.48. The van der Waals surface area contributed by atoms with Crippen LogP contribution in [0.3, 0.4) is 0 Å². The van der Waals surface area contributed by atoms with Crippen molar-refractivity contribution < 1.29 is 62.4 Å². The van der Waals surface area contributed by atoms with Gasteiger partial charge in [0.05, 0.1) is 12.5 Å². The van der Waals surface area contributed by atoms with Gasteiger partial charge in [0.2, 0.25) is 0 Å². The summed E-state index contributed by atoms with van der Waals surface area (Å²) in [6.45, 7) is 21.9. The minimum atomic E-state index is -0.896. The Morgan fingerprint density at radius 2 is 1.56 bits per heavy atom. The van der Waals surface area contributed by atoms with Crippen molar-refractivity contribution in [3.63, 3.8) is 0 Å². The molecule has 1 saturated heterocycles. The summed E-state index contributed by atoms with van der Waals surface area (Å²) in [6.07, 6.45) is 0.297. The van der Waals surface area contributed by atoms with E-state index in [1.807, 2.05) is 0 Å². The second-order valence-electron chi connectivity index (χ2n) is 7.63. The number of ketones is 1. The maximum Gasteiger partial charge on any atom is 0.333 e. The van der Waals surface area contributed by atoms with Gasteiger partial charge >= 0.3 is 17.9 Å². The number of hydrogen-bond donors (Lipinski definition) is 0. The molecule has 9 nitrogen and oxygen atoms in total. The van der Waals surface area contributed by atoms with Gasteiger partial charge in [0.25, 0.3) is 0 Å². The second-order valence-corrected chi connectivity index (χ2v) is 7.63. The van der Waals surface area contributed by atoms with Crippen molar-refractivity contribution in [2.75, 3.05) is 6.61 Å². The van der Waals surface area contributed by atoms with E-state index in [-0.39, 0.29) is 37.2 Å². The van der Waals surface area contributed by atoms with Gasteiger partial charge in [-0.1, -0.05) is 13.2 Å². The minimum Gasteiger partial charge on any atom is -0.488 e. The molecule has 0 aromatic rings. The molecule has 1 heterocycles. The largest absolute Gasteiger partial charge is 0.488 e. The molecule has 0 N–H and O–H groups in total. The van der Waals surface area contributed by atoms with Gasteiger partial charge in [-0.25, -0.2) is 9.59 Å². The van der Waals surface area contributed by atoms with Crippen molar-refractivity contribution in [1.29, 1.82) is 0 Å². The summed E-state index contributed by atoms with van der Waals surface area (Å²) in [6, 6.07) is 0. The molecule has 4 atom stereocenters. The number of carbonyl (C=O) groups excluding carboxylic acids is 5. The Bertz CT molecular complexity index is 760. The van der Waals surface area contributed by atoms with Crippen molar-refractivity contribution in [1.82, 2.24) is 0 Å². The van der Waals surface area contributed by atoms with E-state index in [9.17, 15) is 24.0 Å². The van der Waals surface area contributed by atoms with Crippen LogP contribution < -0.4 is 0 Å². The van der Waals surface area contributed by atoms with E-state index < -0.39 is 35.7 Å². The van der Waals surface area contributed by atoms with Crippen molar-refractivity contribution >= 4 is 29.7 Å². The zero-order chi connectivity index (χ0) is 26.5. The standard InChI is InChI=1S/C11H16O4.C8H12O3.C5H9O2.Zn/c1-6(2)9(12)15-11(5)7(3)10(13)14-8(11)4;1-5(2)8(10)11-7(4)6(3)9;1-3-5(6)7-4-2;/h7-8H,1H2,2-5H3;7H,1H2,2-4H3;3H,4H2,1-2H3;/q;;-1;. The van der Waals surface area contributed by atoms with E-state index in [2.05, 4.69) is 22.6 Å². The molecule has 0 radical (unpaired) electrons. The summed E-state index contributed by atoms with van der Waals surface area (Å²) in [5.74, 6) is -2.21. The Kier molecular flexibility index (Phi) is 18.1. The second kappa shape index (κ2) is 17.0. The Morgan fingerprint density at radius 3 is 1.82 bits per heavy atom. The van der Waals surface area contributed by atoms with Gasteiger partial charge in [-0.15, -0.1) is 0 Å². The van der Waals surface area contributed by atoms with Crippen LogP contribution in [0.15, 0.2) is 24.3 Å². The van der Waals surface area contributed by atoms with Gasteiger partial charge in [0.15, 0.2) is 23.5 Å². The summed E-state index contributed by atoms with van der Waals surface area (Å²) in [5, 5.41) is 0. The van der Waals surface area contributed by atoms with E-state index in [4.69, 9.17) is 9.47 Å². The maximum atomic E-state index is 11.4. The molecule has 1 fully saturated rings. The molecule has 0 spiro atoms. The van der Waals surface area contributed by atoms with Crippen LogP contribution >= 0.6 is 0 Å². The van der Waals surface area contributed by atoms with Crippen LogP contribution in [0.1, 0.15) is 62.3 Å². The van der Waals surface area contributed by atoms with Crippen LogP contribution in [0.4, 0.5) is 0 Å². The first-order chi connectivity index (χ1) is 15.0. The van der Waals surface area contributed by atoms with Crippen LogP contribution in [-0.4, -0.2) is 54.1 Å². The van der Waals surface area contributed by atoms with Crippen LogP contribution in [0, 0.1) is 12.3 Å². The fourth-order valence-electron chi connectivity index (χ4n) is 2.01. The minimum absolute atomic E-state index is 0. The Morgan fingerprint density at radius 1 is 1.09 bits per heavy atom. The third kappa shape index (κ3) is 12.7. The molecule has 34 heavy (non-hydrogen) atoms. The molecule has 0 amide bonds. The average Bonchev–Trinajstić information content (AvgIpc) is 2.91. The molecule has 1 rings (SSSR count). The van der Waals surface area contributed by atoms with E-state index in [0.29, 0.717) is 17.8 Å². The van der Waals surface area contributed by atoms with Crippen LogP contribution in [0.5, 0.6) is 0 Å². The summed E-state index contributed by atoms with van der Waals surface area (Å²) < 4.78 is 19.5. The van der Waals surface area contributed by atoms with E-state index >= 15 is 0 Å². The van der Waals surface area contributed by atoms with Crippen LogP contribution in [0.25, 0.3) is 0 Å². The monoisotopic (exact) mass is 533 g/mol. The first-order valence-corrected chi connectivity index (χ1v) is 10.5. The van der Waals surface area contributed by atoms with Crippen molar-refractivity contribution in [3.8, 4) is 0 Å². The third-order valence-electron chi connectivity index (χ3n) is 4.70.